The normalized spacial score (nSPS) is 10.6. The van der Waals surface area contributed by atoms with Crippen molar-refractivity contribution in [2.45, 2.75) is 13.8 Å². The largest absolute Gasteiger partial charge is 0.480 e. The van der Waals surface area contributed by atoms with Crippen molar-refractivity contribution in [2.75, 3.05) is 6.54 Å². The van der Waals surface area contributed by atoms with Crippen molar-refractivity contribution in [3.63, 3.8) is 0 Å². The summed E-state index contributed by atoms with van der Waals surface area (Å²) in [6, 6.07) is 3.72. The molecule has 2 aromatic rings. The maximum absolute atomic E-state index is 11.9. The highest BCUT2D eigenvalue weighted by molar-refractivity contribution is 5.96. The van der Waals surface area contributed by atoms with E-state index in [0.29, 0.717) is 17.0 Å². The monoisotopic (exact) mass is 247 g/mol. The number of aryl methyl sites for hydroxylation is 2. The van der Waals surface area contributed by atoms with Crippen LogP contribution in [-0.4, -0.2) is 32.9 Å². The Labute approximate surface area is 103 Å². The fourth-order valence-corrected chi connectivity index (χ4v) is 1.78. The van der Waals surface area contributed by atoms with Gasteiger partial charge in [-0.15, -0.1) is 0 Å². The van der Waals surface area contributed by atoms with Crippen LogP contribution in [0.3, 0.4) is 0 Å². The van der Waals surface area contributed by atoms with Gasteiger partial charge in [-0.2, -0.15) is 0 Å². The number of hydrogen-bond donors (Lipinski definition) is 2. The number of aromatic nitrogens is 2. The topological polar surface area (TPSA) is 83.7 Å². The Bertz CT molecular complexity index is 631. The van der Waals surface area contributed by atoms with Crippen molar-refractivity contribution in [2.24, 2.45) is 0 Å². The molecule has 0 aromatic carbocycles. The zero-order valence-electron chi connectivity index (χ0n) is 10.1. The minimum atomic E-state index is -1.08. The molecule has 2 rings (SSSR count). The van der Waals surface area contributed by atoms with Gasteiger partial charge in [-0.25, -0.2) is 4.98 Å². The van der Waals surface area contributed by atoms with Crippen molar-refractivity contribution in [3.8, 4) is 0 Å². The lowest BCUT2D eigenvalue weighted by atomic mass is 10.3. The van der Waals surface area contributed by atoms with E-state index in [-0.39, 0.29) is 0 Å². The molecule has 0 spiro atoms. The van der Waals surface area contributed by atoms with Crippen LogP contribution in [0.4, 0.5) is 0 Å². The SMILES string of the molecule is Cc1ccc2nc(C)c(C(=O)NCC(=O)O)n2c1. The Kier molecular flexibility index (Phi) is 3.01. The van der Waals surface area contributed by atoms with Gasteiger partial charge >= 0.3 is 5.97 Å². The summed E-state index contributed by atoms with van der Waals surface area (Å²) in [4.78, 5) is 26.6. The molecule has 0 unspecified atom stereocenters. The third-order valence-electron chi connectivity index (χ3n) is 2.56. The molecule has 0 aliphatic rings. The minimum Gasteiger partial charge on any atom is -0.480 e. The van der Waals surface area contributed by atoms with Gasteiger partial charge < -0.3 is 10.4 Å². The Morgan fingerprint density at radius 2 is 2.11 bits per heavy atom. The average Bonchev–Trinajstić information content (AvgIpc) is 2.61. The lowest BCUT2D eigenvalue weighted by Crippen LogP contribution is -2.30. The van der Waals surface area contributed by atoms with Crippen LogP contribution in [0.15, 0.2) is 18.3 Å². The first-order valence-corrected chi connectivity index (χ1v) is 5.44. The van der Waals surface area contributed by atoms with Crippen molar-refractivity contribution in [1.82, 2.24) is 14.7 Å². The number of hydrogen-bond acceptors (Lipinski definition) is 3. The molecule has 2 aromatic heterocycles. The summed E-state index contributed by atoms with van der Waals surface area (Å²) in [6.45, 7) is 3.23. The number of rotatable bonds is 3. The minimum absolute atomic E-state index is 0.370. The molecule has 6 heteroatoms. The molecular weight excluding hydrogens is 234 g/mol. The van der Waals surface area contributed by atoms with Crippen molar-refractivity contribution in [3.05, 3.63) is 35.3 Å². The van der Waals surface area contributed by atoms with Crippen LogP contribution >= 0.6 is 0 Å². The second-order valence-electron chi connectivity index (χ2n) is 4.06. The third-order valence-corrected chi connectivity index (χ3v) is 2.56. The first kappa shape index (κ1) is 12.1. The molecular formula is C12H13N3O3. The van der Waals surface area contributed by atoms with Crippen LogP contribution in [0.5, 0.6) is 0 Å². The van der Waals surface area contributed by atoms with E-state index >= 15 is 0 Å². The van der Waals surface area contributed by atoms with Crippen LogP contribution in [0, 0.1) is 13.8 Å². The highest BCUT2D eigenvalue weighted by Crippen LogP contribution is 2.13. The van der Waals surface area contributed by atoms with Gasteiger partial charge in [0.2, 0.25) is 0 Å². The quantitative estimate of drug-likeness (QED) is 0.839. The molecule has 0 aliphatic heterocycles. The zero-order chi connectivity index (χ0) is 13.3. The number of carboxylic acids is 1. The van der Waals surface area contributed by atoms with E-state index in [1.807, 2.05) is 19.1 Å². The summed E-state index contributed by atoms with van der Waals surface area (Å²) in [6.07, 6.45) is 1.80. The molecule has 18 heavy (non-hydrogen) atoms. The standard InChI is InChI=1S/C12H13N3O3/c1-7-3-4-9-14-8(2)11(15(9)6-7)12(18)13-5-10(16)17/h3-4,6H,5H2,1-2H3,(H,13,18)(H,16,17). The maximum atomic E-state index is 11.9. The summed E-state index contributed by atoms with van der Waals surface area (Å²) >= 11 is 0. The number of pyridine rings is 1. The van der Waals surface area contributed by atoms with Crippen LogP contribution in [-0.2, 0) is 4.79 Å². The molecule has 0 fully saturated rings. The smallest absolute Gasteiger partial charge is 0.322 e. The Hall–Kier alpha value is -2.37. The van der Waals surface area contributed by atoms with Crippen molar-refractivity contribution < 1.29 is 14.7 Å². The number of nitrogens with one attached hydrogen (secondary N) is 1. The molecule has 6 nitrogen and oxygen atoms in total. The van der Waals surface area contributed by atoms with E-state index in [1.165, 1.54) is 0 Å². The maximum Gasteiger partial charge on any atom is 0.322 e. The second kappa shape index (κ2) is 4.48. The Morgan fingerprint density at radius 1 is 1.39 bits per heavy atom. The van der Waals surface area contributed by atoms with Crippen molar-refractivity contribution >= 4 is 17.5 Å². The Balaban J connectivity index is 2.43. The third kappa shape index (κ3) is 2.17. The van der Waals surface area contributed by atoms with Gasteiger partial charge in [0.25, 0.3) is 5.91 Å². The average molecular weight is 247 g/mol. The first-order chi connectivity index (χ1) is 8.49. The number of nitrogens with zero attached hydrogens (tertiary/aromatic N) is 2. The number of carboxylic acid groups (broad SMARTS) is 1. The number of carbonyl (C=O) groups is 2. The molecule has 0 atom stereocenters. The fraction of sp³-hybridized carbons (Fsp3) is 0.250. The van der Waals surface area contributed by atoms with Gasteiger partial charge in [-0.3, -0.25) is 14.0 Å². The molecule has 94 valence electrons. The number of imidazole rings is 1. The van der Waals surface area contributed by atoms with Gasteiger partial charge in [0.1, 0.15) is 17.9 Å². The van der Waals surface area contributed by atoms with Crippen LogP contribution in [0.25, 0.3) is 5.65 Å². The molecule has 0 radical (unpaired) electrons. The summed E-state index contributed by atoms with van der Waals surface area (Å²) in [5.41, 5.74) is 2.60. The molecule has 0 saturated carbocycles. The van der Waals surface area contributed by atoms with Gasteiger partial charge in [-0.05, 0) is 25.5 Å². The molecule has 0 saturated heterocycles. The van der Waals surface area contributed by atoms with E-state index < -0.39 is 18.4 Å². The van der Waals surface area contributed by atoms with E-state index in [0.717, 1.165) is 5.56 Å². The number of carbonyl (C=O) groups excluding carboxylic acids is 1. The summed E-state index contributed by atoms with van der Waals surface area (Å²) in [5, 5.41) is 10.9. The van der Waals surface area contributed by atoms with Crippen LogP contribution < -0.4 is 5.32 Å². The number of fused-ring (bicyclic) bond motifs is 1. The summed E-state index contributed by atoms with van der Waals surface area (Å²) in [7, 11) is 0. The second-order valence-corrected chi connectivity index (χ2v) is 4.06. The van der Waals surface area contributed by atoms with Gasteiger partial charge in [0.15, 0.2) is 0 Å². The highest BCUT2D eigenvalue weighted by Gasteiger charge is 2.16. The summed E-state index contributed by atoms with van der Waals surface area (Å²) < 4.78 is 1.67. The highest BCUT2D eigenvalue weighted by atomic mass is 16.4. The predicted octanol–water partition coefficient (Wildman–Crippen LogP) is 0.766. The summed E-state index contributed by atoms with van der Waals surface area (Å²) in [5.74, 6) is -1.51. The van der Waals surface area contributed by atoms with E-state index in [9.17, 15) is 9.59 Å². The van der Waals surface area contributed by atoms with Gasteiger partial charge in [0, 0.05) is 6.20 Å². The first-order valence-electron chi connectivity index (χ1n) is 5.44. The molecule has 0 bridgehead atoms. The predicted molar refractivity (Wildman–Crippen MR) is 64.6 cm³/mol. The van der Waals surface area contributed by atoms with Crippen LogP contribution in [0.1, 0.15) is 21.7 Å². The molecule has 0 aliphatic carbocycles. The van der Waals surface area contributed by atoms with Gasteiger partial charge in [-0.1, -0.05) is 6.07 Å². The van der Waals surface area contributed by atoms with E-state index in [1.54, 1.807) is 17.5 Å². The molecule has 1 amide bonds. The van der Waals surface area contributed by atoms with E-state index in [4.69, 9.17) is 5.11 Å². The molecule has 2 N–H and O–H groups in total. The van der Waals surface area contributed by atoms with Crippen LogP contribution in [0.2, 0.25) is 0 Å². The Morgan fingerprint density at radius 3 is 2.78 bits per heavy atom. The number of aliphatic carboxylic acids is 1. The fourth-order valence-electron chi connectivity index (χ4n) is 1.78. The molecule has 2 heterocycles. The van der Waals surface area contributed by atoms with Crippen molar-refractivity contribution in [1.29, 1.82) is 0 Å². The lowest BCUT2D eigenvalue weighted by molar-refractivity contribution is -0.135. The van der Waals surface area contributed by atoms with Gasteiger partial charge in [0.05, 0.1) is 5.69 Å². The lowest BCUT2D eigenvalue weighted by Gasteiger charge is -2.04. The zero-order valence-corrected chi connectivity index (χ0v) is 10.1. The van der Waals surface area contributed by atoms with E-state index in [2.05, 4.69) is 10.3 Å². The number of amides is 1.